The first-order chi connectivity index (χ1) is 17.7. The minimum Gasteiger partial charge on any atom is -0.378 e. The number of likely N-dealkylation sites (N-methyl/N-ethyl adjacent to an activating group) is 1. The summed E-state index contributed by atoms with van der Waals surface area (Å²) in [6, 6.07) is 17.4. The predicted octanol–water partition coefficient (Wildman–Crippen LogP) is 3.95. The van der Waals surface area contributed by atoms with Gasteiger partial charge in [0, 0.05) is 64.9 Å². The molecule has 0 radical (unpaired) electrons. The zero-order valence-corrected chi connectivity index (χ0v) is 23.0. The molecule has 2 amide bonds. The third kappa shape index (κ3) is 6.45. The number of benzene rings is 2. The summed E-state index contributed by atoms with van der Waals surface area (Å²) in [5.41, 5.74) is 7.41. The summed E-state index contributed by atoms with van der Waals surface area (Å²) in [4.78, 5) is 35.7. The molecule has 2 aliphatic rings. The number of piperazine rings is 1. The molecule has 0 N–H and O–H groups in total. The molecular weight excluding hydrogens is 462 g/mol. The Hall–Kier alpha value is -3.48. The van der Waals surface area contributed by atoms with Crippen LogP contribution in [0.3, 0.4) is 0 Å². The molecule has 4 rings (SSSR count). The molecule has 1 aliphatic heterocycles. The van der Waals surface area contributed by atoms with Gasteiger partial charge < -0.3 is 24.5 Å². The molecule has 0 atom stereocenters. The van der Waals surface area contributed by atoms with Crippen LogP contribution in [-0.4, -0.2) is 80.9 Å². The lowest BCUT2D eigenvalue weighted by molar-refractivity contribution is -0.149. The molecule has 37 heavy (non-hydrogen) atoms. The van der Waals surface area contributed by atoms with Crippen LogP contribution in [0, 0.1) is 0 Å². The second-order valence-corrected chi connectivity index (χ2v) is 10.5. The smallest absolute Gasteiger partial charge is 0.243 e. The van der Waals surface area contributed by atoms with Gasteiger partial charge in [0.25, 0.3) is 0 Å². The van der Waals surface area contributed by atoms with E-state index in [-0.39, 0.29) is 24.9 Å². The Morgan fingerprint density at radius 1 is 0.730 bits per heavy atom. The Morgan fingerprint density at radius 2 is 1.19 bits per heavy atom. The summed E-state index contributed by atoms with van der Waals surface area (Å²) >= 11 is 0. The Bertz CT molecular complexity index is 1060. The Balaban J connectivity index is 1.62. The van der Waals surface area contributed by atoms with Crippen LogP contribution in [0.2, 0.25) is 0 Å². The molecule has 2 fully saturated rings. The van der Waals surface area contributed by atoms with Crippen LogP contribution in [0.1, 0.15) is 37.3 Å². The Labute approximate surface area is 221 Å². The third-order valence-electron chi connectivity index (χ3n) is 7.48. The molecule has 198 valence electrons. The number of hydrogen-bond donors (Lipinski definition) is 0. The fraction of sp³-hybridized carbons (Fsp3) is 0.467. The molecule has 1 saturated carbocycles. The maximum atomic E-state index is 13.0. The second-order valence-electron chi connectivity index (χ2n) is 10.5. The van der Waals surface area contributed by atoms with Crippen LogP contribution in [0.15, 0.2) is 59.8 Å². The summed E-state index contributed by atoms with van der Waals surface area (Å²) in [7, 11) is 8.20. The van der Waals surface area contributed by atoms with Crippen molar-refractivity contribution < 1.29 is 9.59 Å². The summed E-state index contributed by atoms with van der Waals surface area (Å²) in [6.07, 6.45) is 3.29. The van der Waals surface area contributed by atoms with E-state index in [0.29, 0.717) is 13.1 Å². The lowest BCUT2D eigenvalue weighted by Gasteiger charge is -2.39. The van der Waals surface area contributed by atoms with Gasteiger partial charge in [-0.2, -0.15) is 0 Å². The molecule has 1 saturated heterocycles. The van der Waals surface area contributed by atoms with Crippen molar-refractivity contribution >= 4 is 23.2 Å². The highest BCUT2D eigenvalue weighted by atomic mass is 16.2. The minimum atomic E-state index is 0.0319. The van der Waals surface area contributed by atoms with Crippen LogP contribution in [-0.2, 0) is 22.7 Å². The number of rotatable bonds is 10. The van der Waals surface area contributed by atoms with Crippen LogP contribution >= 0.6 is 0 Å². The van der Waals surface area contributed by atoms with E-state index in [0.717, 1.165) is 25.9 Å². The number of anilines is 2. The zero-order chi connectivity index (χ0) is 26.5. The SMILES string of the molecule is CCN1CC(=O)N(CC(=C2CCC2)N(Cc2ccc(N(C)C)cc2)Cc2ccc(N(C)C)cc2)CC1=O. The maximum Gasteiger partial charge on any atom is 0.243 e. The summed E-state index contributed by atoms with van der Waals surface area (Å²) in [6.45, 7) is 4.82. The lowest BCUT2D eigenvalue weighted by atomic mass is 9.89. The molecule has 0 spiro atoms. The van der Waals surface area contributed by atoms with Gasteiger partial charge in [-0.25, -0.2) is 0 Å². The number of nitrogens with zero attached hydrogens (tertiary/aromatic N) is 5. The van der Waals surface area contributed by atoms with Gasteiger partial charge in [-0.3, -0.25) is 9.59 Å². The summed E-state index contributed by atoms with van der Waals surface area (Å²) in [5.74, 6) is 0.0645. The van der Waals surface area contributed by atoms with Crippen molar-refractivity contribution in [1.29, 1.82) is 0 Å². The molecule has 0 bridgehead atoms. The molecule has 0 unspecified atom stereocenters. The van der Waals surface area contributed by atoms with Crippen molar-refractivity contribution in [3.05, 3.63) is 70.9 Å². The normalized spacial score (nSPS) is 15.5. The average Bonchev–Trinajstić information content (AvgIpc) is 2.84. The van der Waals surface area contributed by atoms with Gasteiger partial charge in [0.1, 0.15) is 6.54 Å². The molecule has 1 heterocycles. The van der Waals surface area contributed by atoms with E-state index in [1.807, 2.05) is 6.92 Å². The molecule has 7 heteroatoms. The van der Waals surface area contributed by atoms with E-state index in [1.165, 1.54) is 40.2 Å². The fourth-order valence-corrected chi connectivity index (χ4v) is 4.88. The first-order valence-corrected chi connectivity index (χ1v) is 13.3. The number of allylic oxidation sites excluding steroid dienone is 1. The highest BCUT2D eigenvalue weighted by Crippen LogP contribution is 2.33. The van der Waals surface area contributed by atoms with Gasteiger partial charge in [0.15, 0.2) is 0 Å². The highest BCUT2D eigenvalue weighted by Gasteiger charge is 2.31. The molecule has 2 aromatic rings. The quantitative estimate of drug-likeness (QED) is 0.492. The standard InChI is InChI=1S/C30H41N5O2/c1-6-33-21-30(37)35(22-29(33)36)20-28(25-8-7-9-25)34(18-23-10-14-26(15-11-23)31(2)3)19-24-12-16-27(17-13-24)32(4)5/h10-17H,6-9,18-22H2,1-5H3. The van der Waals surface area contributed by atoms with Gasteiger partial charge in [0.2, 0.25) is 11.8 Å². The topological polar surface area (TPSA) is 50.3 Å². The lowest BCUT2D eigenvalue weighted by Crippen LogP contribution is -2.54. The van der Waals surface area contributed by atoms with Crippen LogP contribution < -0.4 is 9.80 Å². The van der Waals surface area contributed by atoms with E-state index in [1.54, 1.807) is 9.80 Å². The van der Waals surface area contributed by atoms with E-state index in [4.69, 9.17) is 0 Å². The summed E-state index contributed by atoms with van der Waals surface area (Å²) in [5, 5.41) is 0. The van der Waals surface area contributed by atoms with Crippen molar-refractivity contribution in [2.24, 2.45) is 0 Å². The Morgan fingerprint density at radius 3 is 1.59 bits per heavy atom. The van der Waals surface area contributed by atoms with Crippen molar-refractivity contribution in [3.63, 3.8) is 0 Å². The molecule has 2 aromatic carbocycles. The number of hydrogen-bond acceptors (Lipinski definition) is 5. The number of carbonyl (C=O) groups is 2. The first-order valence-electron chi connectivity index (χ1n) is 13.3. The number of amides is 2. The highest BCUT2D eigenvalue weighted by molar-refractivity contribution is 5.92. The van der Waals surface area contributed by atoms with Crippen molar-refractivity contribution in [3.8, 4) is 0 Å². The van der Waals surface area contributed by atoms with Gasteiger partial charge in [-0.1, -0.05) is 24.3 Å². The first kappa shape index (κ1) is 26.6. The monoisotopic (exact) mass is 503 g/mol. The van der Waals surface area contributed by atoms with E-state index in [9.17, 15) is 9.59 Å². The molecule has 0 aromatic heterocycles. The van der Waals surface area contributed by atoms with Crippen LogP contribution in [0.25, 0.3) is 0 Å². The second kappa shape index (κ2) is 11.7. The third-order valence-corrected chi connectivity index (χ3v) is 7.48. The van der Waals surface area contributed by atoms with Crippen LogP contribution in [0.5, 0.6) is 0 Å². The van der Waals surface area contributed by atoms with Crippen molar-refractivity contribution in [2.45, 2.75) is 39.3 Å². The Kier molecular flexibility index (Phi) is 8.41. The van der Waals surface area contributed by atoms with Crippen LogP contribution in [0.4, 0.5) is 11.4 Å². The van der Waals surface area contributed by atoms with Gasteiger partial charge >= 0.3 is 0 Å². The maximum absolute atomic E-state index is 13.0. The number of carbonyl (C=O) groups excluding carboxylic acids is 2. The minimum absolute atomic E-state index is 0.0319. The fourth-order valence-electron chi connectivity index (χ4n) is 4.88. The molecular formula is C30H41N5O2. The predicted molar refractivity (Wildman–Crippen MR) is 150 cm³/mol. The van der Waals surface area contributed by atoms with Gasteiger partial charge in [-0.05, 0) is 67.2 Å². The van der Waals surface area contributed by atoms with Crippen molar-refractivity contribution in [2.75, 3.05) is 64.2 Å². The largest absolute Gasteiger partial charge is 0.378 e. The van der Waals surface area contributed by atoms with Gasteiger partial charge in [0.05, 0.1) is 13.1 Å². The van der Waals surface area contributed by atoms with Crippen molar-refractivity contribution in [1.82, 2.24) is 14.7 Å². The molecule has 7 nitrogen and oxygen atoms in total. The van der Waals surface area contributed by atoms with E-state index in [2.05, 4.69) is 91.4 Å². The average molecular weight is 504 g/mol. The van der Waals surface area contributed by atoms with Gasteiger partial charge in [-0.15, -0.1) is 0 Å². The van der Waals surface area contributed by atoms with E-state index < -0.39 is 0 Å². The summed E-state index contributed by atoms with van der Waals surface area (Å²) < 4.78 is 0. The van der Waals surface area contributed by atoms with E-state index >= 15 is 0 Å². The molecule has 1 aliphatic carbocycles. The zero-order valence-electron chi connectivity index (χ0n) is 23.0.